The van der Waals surface area contributed by atoms with Gasteiger partial charge in [-0.15, -0.1) is 0 Å². The lowest BCUT2D eigenvalue weighted by molar-refractivity contribution is -0.116. The predicted octanol–water partition coefficient (Wildman–Crippen LogP) is 2.26. The average molecular weight is 317 g/mol. The number of aromatic nitrogens is 2. The van der Waals surface area contributed by atoms with Crippen LogP contribution in [0.4, 0.5) is 14.5 Å². The Bertz CT molecular complexity index is 939. The summed E-state index contributed by atoms with van der Waals surface area (Å²) in [5.74, 6) is -2.43. The maximum atomic E-state index is 13.6. The molecule has 0 unspecified atom stereocenters. The Labute approximate surface area is 129 Å². The molecule has 2 aromatic carbocycles. The molecule has 0 saturated heterocycles. The molecule has 0 atom stereocenters. The number of carbonyl (C=O) groups excluding carboxylic acids is 1. The van der Waals surface area contributed by atoms with Gasteiger partial charge in [0.25, 0.3) is 0 Å². The number of hydrogen-bond acceptors (Lipinski definition) is 2. The van der Waals surface area contributed by atoms with Gasteiger partial charge in [0.1, 0.15) is 23.9 Å². The van der Waals surface area contributed by atoms with Gasteiger partial charge in [-0.25, -0.2) is 13.6 Å². The first-order chi connectivity index (χ1) is 11.0. The Balaban J connectivity index is 1.93. The summed E-state index contributed by atoms with van der Waals surface area (Å²) in [5, 5.41) is 2.17. The molecule has 0 spiro atoms. The van der Waals surface area contributed by atoms with E-state index < -0.39 is 23.2 Å². The number of carbonyl (C=O) groups is 1. The molecular weight excluding hydrogens is 304 g/mol. The summed E-state index contributed by atoms with van der Waals surface area (Å²) >= 11 is 0. The Morgan fingerprint density at radius 1 is 1.04 bits per heavy atom. The minimum atomic E-state index is -0.872. The third-order valence-electron chi connectivity index (χ3n) is 3.58. The van der Waals surface area contributed by atoms with E-state index in [1.807, 2.05) is 0 Å². The monoisotopic (exact) mass is 317 g/mol. The van der Waals surface area contributed by atoms with E-state index in [4.69, 9.17) is 0 Å². The van der Waals surface area contributed by atoms with Gasteiger partial charge >= 0.3 is 5.69 Å². The second-order valence-corrected chi connectivity index (χ2v) is 5.06. The van der Waals surface area contributed by atoms with Crippen molar-refractivity contribution in [3.05, 3.63) is 64.6 Å². The van der Waals surface area contributed by atoms with Crippen molar-refractivity contribution < 1.29 is 13.6 Å². The van der Waals surface area contributed by atoms with Crippen molar-refractivity contribution in [1.82, 2.24) is 9.13 Å². The van der Waals surface area contributed by atoms with Gasteiger partial charge in [-0.3, -0.25) is 13.9 Å². The third-order valence-corrected chi connectivity index (χ3v) is 3.58. The van der Waals surface area contributed by atoms with Crippen LogP contribution in [0, 0.1) is 11.6 Å². The SMILES string of the molecule is Cn1c(=O)n(CC(=O)Nc2c(F)cccc2F)c2ccccc21. The minimum absolute atomic E-state index is 0.339. The number of nitrogens with one attached hydrogen (secondary N) is 1. The molecule has 7 heteroatoms. The number of aryl methyl sites for hydroxylation is 1. The summed E-state index contributed by atoms with van der Waals surface area (Å²) in [6.07, 6.45) is 0. The number of fused-ring (bicyclic) bond motifs is 1. The number of imidazole rings is 1. The Morgan fingerprint density at radius 2 is 1.65 bits per heavy atom. The van der Waals surface area contributed by atoms with E-state index in [1.165, 1.54) is 15.2 Å². The van der Waals surface area contributed by atoms with Crippen molar-refractivity contribution in [2.45, 2.75) is 6.54 Å². The van der Waals surface area contributed by atoms with Gasteiger partial charge in [0.2, 0.25) is 5.91 Å². The smallest absolute Gasteiger partial charge is 0.320 e. The molecule has 0 bridgehead atoms. The number of anilines is 1. The predicted molar refractivity (Wildman–Crippen MR) is 82.2 cm³/mol. The van der Waals surface area contributed by atoms with Gasteiger partial charge in [-0.05, 0) is 24.3 Å². The molecule has 0 aliphatic carbocycles. The lowest BCUT2D eigenvalue weighted by Crippen LogP contribution is -2.28. The van der Waals surface area contributed by atoms with Crippen LogP contribution in [0.25, 0.3) is 11.0 Å². The van der Waals surface area contributed by atoms with Crippen molar-refractivity contribution in [1.29, 1.82) is 0 Å². The second kappa shape index (κ2) is 5.68. The average Bonchev–Trinajstić information content (AvgIpc) is 2.77. The molecule has 0 fully saturated rings. The van der Waals surface area contributed by atoms with E-state index in [-0.39, 0.29) is 12.2 Å². The van der Waals surface area contributed by atoms with E-state index in [0.29, 0.717) is 11.0 Å². The van der Waals surface area contributed by atoms with Gasteiger partial charge in [0.15, 0.2) is 0 Å². The zero-order valence-electron chi connectivity index (χ0n) is 12.2. The fourth-order valence-corrected chi connectivity index (χ4v) is 2.46. The van der Waals surface area contributed by atoms with E-state index in [2.05, 4.69) is 5.32 Å². The molecule has 1 amide bonds. The summed E-state index contributed by atoms with van der Waals surface area (Å²) in [7, 11) is 1.59. The molecule has 0 saturated carbocycles. The molecule has 1 aromatic heterocycles. The van der Waals surface area contributed by atoms with Crippen LogP contribution in [-0.2, 0) is 18.4 Å². The van der Waals surface area contributed by atoms with Crippen molar-refractivity contribution in [3.8, 4) is 0 Å². The van der Waals surface area contributed by atoms with Gasteiger partial charge in [-0.2, -0.15) is 0 Å². The van der Waals surface area contributed by atoms with Crippen LogP contribution in [0.15, 0.2) is 47.3 Å². The first kappa shape index (κ1) is 15.0. The highest BCUT2D eigenvalue weighted by molar-refractivity contribution is 5.91. The van der Waals surface area contributed by atoms with Crippen LogP contribution in [-0.4, -0.2) is 15.0 Å². The number of para-hydroxylation sites is 3. The summed E-state index contributed by atoms with van der Waals surface area (Å²) in [6, 6.07) is 10.3. The fraction of sp³-hybridized carbons (Fsp3) is 0.125. The van der Waals surface area contributed by atoms with Gasteiger partial charge in [0.05, 0.1) is 11.0 Å². The molecule has 1 N–H and O–H groups in total. The maximum Gasteiger partial charge on any atom is 0.329 e. The molecule has 1 heterocycles. The standard InChI is InChI=1S/C16H13F2N3O2/c1-20-12-7-2-3-8-13(12)21(16(20)23)9-14(22)19-15-10(17)5-4-6-11(15)18/h2-8H,9H2,1H3,(H,19,22). The second-order valence-electron chi connectivity index (χ2n) is 5.06. The molecule has 3 aromatic rings. The number of halogens is 2. The zero-order valence-corrected chi connectivity index (χ0v) is 12.2. The lowest BCUT2D eigenvalue weighted by atomic mass is 10.3. The molecular formula is C16H13F2N3O2. The largest absolute Gasteiger partial charge is 0.329 e. The molecule has 5 nitrogen and oxygen atoms in total. The number of benzene rings is 2. The van der Waals surface area contributed by atoms with E-state index in [0.717, 1.165) is 12.1 Å². The number of hydrogen-bond donors (Lipinski definition) is 1. The number of amides is 1. The van der Waals surface area contributed by atoms with Crippen LogP contribution in [0.5, 0.6) is 0 Å². The van der Waals surface area contributed by atoms with Crippen molar-refractivity contribution in [3.63, 3.8) is 0 Å². The molecule has 0 aliphatic rings. The fourth-order valence-electron chi connectivity index (χ4n) is 2.46. The maximum absolute atomic E-state index is 13.6. The number of nitrogens with zero attached hydrogens (tertiary/aromatic N) is 2. The Hall–Kier alpha value is -2.96. The lowest BCUT2D eigenvalue weighted by Gasteiger charge is -2.08. The van der Waals surface area contributed by atoms with Gasteiger partial charge in [-0.1, -0.05) is 18.2 Å². The highest BCUT2D eigenvalue weighted by Crippen LogP contribution is 2.18. The summed E-state index contributed by atoms with van der Waals surface area (Å²) < 4.78 is 29.8. The Morgan fingerprint density at radius 3 is 2.30 bits per heavy atom. The number of rotatable bonds is 3. The minimum Gasteiger partial charge on any atom is -0.320 e. The highest BCUT2D eigenvalue weighted by Gasteiger charge is 2.16. The van der Waals surface area contributed by atoms with E-state index >= 15 is 0 Å². The first-order valence-electron chi connectivity index (χ1n) is 6.87. The third kappa shape index (κ3) is 2.61. The van der Waals surface area contributed by atoms with E-state index in [9.17, 15) is 18.4 Å². The summed E-state index contributed by atoms with van der Waals surface area (Å²) in [4.78, 5) is 24.3. The van der Waals surface area contributed by atoms with Crippen molar-refractivity contribution in [2.75, 3.05) is 5.32 Å². The molecule has 118 valence electrons. The normalized spacial score (nSPS) is 10.9. The zero-order chi connectivity index (χ0) is 16.6. The molecule has 23 heavy (non-hydrogen) atoms. The van der Waals surface area contributed by atoms with Crippen LogP contribution < -0.4 is 11.0 Å². The van der Waals surface area contributed by atoms with Crippen molar-refractivity contribution >= 4 is 22.6 Å². The summed E-state index contributed by atoms with van der Waals surface area (Å²) in [5.41, 5.74) is 0.340. The molecule has 0 aliphatic heterocycles. The van der Waals surface area contributed by atoms with Crippen LogP contribution in [0.2, 0.25) is 0 Å². The van der Waals surface area contributed by atoms with Crippen molar-refractivity contribution in [2.24, 2.45) is 7.05 Å². The molecule has 3 rings (SSSR count). The highest BCUT2D eigenvalue weighted by atomic mass is 19.1. The Kier molecular flexibility index (Phi) is 3.69. The van der Waals surface area contributed by atoms with Crippen LogP contribution in [0.3, 0.4) is 0 Å². The quantitative estimate of drug-likeness (QED) is 0.805. The van der Waals surface area contributed by atoms with Gasteiger partial charge in [0, 0.05) is 7.05 Å². The topological polar surface area (TPSA) is 56.0 Å². The van der Waals surface area contributed by atoms with Crippen LogP contribution in [0.1, 0.15) is 0 Å². The van der Waals surface area contributed by atoms with Gasteiger partial charge < -0.3 is 5.32 Å². The molecule has 0 radical (unpaired) electrons. The van der Waals surface area contributed by atoms with Crippen LogP contribution >= 0.6 is 0 Å². The summed E-state index contributed by atoms with van der Waals surface area (Å²) in [6.45, 7) is -0.339. The van der Waals surface area contributed by atoms with E-state index in [1.54, 1.807) is 31.3 Å². The first-order valence-corrected chi connectivity index (χ1v) is 6.87.